The van der Waals surface area contributed by atoms with E-state index >= 15 is 0 Å². The van der Waals surface area contributed by atoms with Gasteiger partial charge in [-0.3, -0.25) is 0 Å². The van der Waals surface area contributed by atoms with Crippen LogP contribution in [0, 0.1) is 11.3 Å². The van der Waals surface area contributed by atoms with E-state index in [4.69, 9.17) is 10.4 Å². The second-order valence-electron chi connectivity index (χ2n) is 3.93. The normalized spacial score (nSPS) is 10.7. The van der Waals surface area contributed by atoms with Gasteiger partial charge in [0.1, 0.15) is 11.6 Å². The third-order valence-corrected chi connectivity index (χ3v) is 2.43. The van der Waals surface area contributed by atoms with E-state index in [0.29, 0.717) is 5.69 Å². The molecule has 0 aliphatic carbocycles. The quantitative estimate of drug-likeness (QED) is 0.842. The van der Waals surface area contributed by atoms with E-state index < -0.39 is 5.97 Å². The Morgan fingerprint density at radius 3 is 2.82 bits per heavy atom. The molecular formula is C11H10N4O2. The molecule has 2 rings (SSSR count). The number of carboxylic acid groups (broad SMARTS) is 1. The second-order valence-corrected chi connectivity index (χ2v) is 3.93. The number of aromatic carboxylic acids is 1. The molecule has 17 heavy (non-hydrogen) atoms. The van der Waals surface area contributed by atoms with Crippen LogP contribution in [0.2, 0.25) is 0 Å². The number of rotatable bonds is 2. The van der Waals surface area contributed by atoms with E-state index in [1.54, 1.807) is 0 Å². The molecule has 0 aliphatic heterocycles. The third kappa shape index (κ3) is 1.72. The number of nitriles is 1. The van der Waals surface area contributed by atoms with Gasteiger partial charge in [-0.2, -0.15) is 10.4 Å². The van der Waals surface area contributed by atoms with Gasteiger partial charge in [-0.05, 0) is 12.0 Å². The van der Waals surface area contributed by atoms with E-state index in [2.05, 4.69) is 10.1 Å². The molecule has 6 nitrogen and oxygen atoms in total. The summed E-state index contributed by atoms with van der Waals surface area (Å²) in [5, 5.41) is 21.9. The summed E-state index contributed by atoms with van der Waals surface area (Å²) in [5.41, 5.74) is 1.21. The predicted octanol–water partition coefficient (Wildman–Crippen LogP) is 1.42. The van der Waals surface area contributed by atoms with Gasteiger partial charge in [0.2, 0.25) is 0 Å². The number of carbonyl (C=O) groups is 1. The lowest BCUT2D eigenvalue weighted by Gasteiger charge is -2.08. The molecule has 0 atom stereocenters. The Bertz CT molecular complexity index is 637. The van der Waals surface area contributed by atoms with Gasteiger partial charge in [-0.25, -0.2) is 14.3 Å². The van der Waals surface area contributed by atoms with E-state index in [1.807, 2.05) is 19.9 Å². The maximum atomic E-state index is 11.0. The highest BCUT2D eigenvalue weighted by Crippen LogP contribution is 2.18. The summed E-state index contributed by atoms with van der Waals surface area (Å²) in [6.07, 6.45) is 1.39. The topological polar surface area (TPSA) is 91.3 Å². The van der Waals surface area contributed by atoms with Crippen molar-refractivity contribution in [2.45, 2.75) is 19.8 Å². The van der Waals surface area contributed by atoms with Crippen molar-refractivity contribution in [2.75, 3.05) is 0 Å². The van der Waals surface area contributed by atoms with Crippen LogP contribution in [0.3, 0.4) is 0 Å². The molecule has 2 aromatic rings. The Balaban J connectivity index is 2.84. The Morgan fingerprint density at radius 2 is 2.29 bits per heavy atom. The van der Waals surface area contributed by atoms with Crippen LogP contribution in [0.4, 0.5) is 0 Å². The van der Waals surface area contributed by atoms with Gasteiger partial charge in [-0.1, -0.05) is 13.8 Å². The Labute approximate surface area is 97.1 Å². The number of hydrogen-bond acceptors (Lipinski definition) is 4. The Kier molecular flexibility index (Phi) is 2.52. The van der Waals surface area contributed by atoms with Crippen molar-refractivity contribution in [3.05, 3.63) is 29.2 Å². The molecule has 0 aliphatic rings. The van der Waals surface area contributed by atoms with Crippen LogP contribution in [0.15, 0.2) is 12.3 Å². The highest BCUT2D eigenvalue weighted by molar-refractivity contribution is 5.86. The van der Waals surface area contributed by atoms with Gasteiger partial charge < -0.3 is 5.11 Å². The molecule has 0 aromatic carbocycles. The molecule has 0 saturated carbocycles. The van der Waals surface area contributed by atoms with Gasteiger partial charge in [0.15, 0.2) is 11.3 Å². The minimum atomic E-state index is -1.11. The fraction of sp³-hybridized carbons (Fsp3) is 0.273. The van der Waals surface area contributed by atoms with Gasteiger partial charge >= 0.3 is 5.97 Å². The molecule has 0 amide bonds. The van der Waals surface area contributed by atoms with Crippen molar-refractivity contribution in [1.29, 1.82) is 5.26 Å². The zero-order valence-electron chi connectivity index (χ0n) is 9.38. The maximum Gasteiger partial charge on any atom is 0.354 e. The zero-order valence-corrected chi connectivity index (χ0v) is 9.38. The van der Waals surface area contributed by atoms with Crippen molar-refractivity contribution >= 4 is 11.6 Å². The van der Waals surface area contributed by atoms with Crippen LogP contribution in [0.25, 0.3) is 5.65 Å². The van der Waals surface area contributed by atoms with Crippen LogP contribution in [-0.2, 0) is 0 Å². The molecule has 0 bridgehead atoms. The largest absolute Gasteiger partial charge is 0.477 e. The molecule has 0 radical (unpaired) electrons. The van der Waals surface area contributed by atoms with Crippen molar-refractivity contribution in [3.63, 3.8) is 0 Å². The minimum Gasteiger partial charge on any atom is -0.477 e. The number of hydrogen-bond donors (Lipinski definition) is 1. The smallest absolute Gasteiger partial charge is 0.354 e. The Hall–Kier alpha value is -2.42. The summed E-state index contributed by atoms with van der Waals surface area (Å²) in [6, 6.07) is 3.42. The first-order chi connectivity index (χ1) is 8.04. The molecule has 6 heteroatoms. The summed E-state index contributed by atoms with van der Waals surface area (Å²) in [7, 11) is 0. The van der Waals surface area contributed by atoms with E-state index in [9.17, 15) is 4.79 Å². The third-order valence-electron chi connectivity index (χ3n) is 2.43. The molecule has 2 aromatic heterocycles. The van der Waals surface area contributed by atoms with Crippen molar-refractivity contribution in [2.24, 2.45) is 0 Å². The first-order valence-corrected chi connectivity index (χ1v) is 5.06. The monoisotopic (exact) mass is 230 g/mol. The van der Waals surface area contributed by atoms with Gasteiger partial charge in [0, 0.05) is 5.69 Å². The predicted molar refractivity (Wildman–Crippen MR) is 58.8 cm³/mol. The van der Waals surface area contributed by atoms with Gasteiger partial charge in [-0.15, -0.1) is 0 Å². The number of fused-ring (bicyclic) bond motifs is 1. The summed E-state index contributed by atoms with van der Waals surface area (Å²) in [6.45, 7) is 3.85. The first-order valence-electron chi connectivity index (χ1n) is 5.06. The highest BCUT2D eigenvalue weighted by Gasteiger charge is 2.16. The van der Waals surface area contributed by atoms with Crippen LogP contribution in [0.5, 0.6) is 0 Å². The number of carboxylic acids is 1. The summed E-state index contributed by atoms with van der Waals surface area (Å²) in [5.74, 6) is -1.02. The minimum absolute atomic E-state index is 0.0711. The van der Waals surface area contributed by atoms with Crippen molar-refractivity contribution < 1.29 is 9.90 Å². The molecule has 0 saturated heterocycles. The van der Waals surface area contributed by atoms with Crippen LogP contribution in [0.1, 0.15) is 41.5 Å². The summed E-state index contributed by atoms with van der Waals surface area (Å²) in [4.78, 5) is 14.9. The average Bonchev–Trinajstić information content (AvgIpc) is 2.69. The van der Waals surface area contributed by atoms with E-state index in [-0.39, 0.29) is 22.8 Å². The van der Waals surface area contributed by atoms with Crippen LogP contribution in [-0.4, -0.2) is 25.7 Å². The lowest BCUT2D eigenvalue weighted by molar-refractivity contribution is 0.0690. The molecule has 0 fully saturated rings. The fourth-order valence-corrected chi connectivity index (χ4v) is 1.59. The highest BCUT2D eigenvalue weighted by atomic mass is 16.4. The molecule has 0 unspecified atom stereocenters. The molecule has 2 heterocycles. The zero-order chi connectivity index (χ0) is 12.6. The lowest BCUT2D eigenvalue weighted by Crippen LogP contribution is -2.09. The van der Waals surface area contributed by atoms with E-state index in [0.717, 1.165) is 0 Å². The van der Waals surface area contributed by atoms with Crippen LogP contribution < -0.4 is 0 Å². The van der Waals surface area contributed by atoms with Crippen molar-refractivity contribution in [3.8, 4) is 6.07 Å². The van der Waals surface area contributed by atoms with Crippen LogP contribution >= 0.6 is 0 Å². The lowest BCUT2D eigenvalue weighted by atomic mass is 10.1. The SMILES string of the molecule is CC(C)c1cc(C(=O)O)nc2c(C#N)cnn12. The molecule has 0 spiro atoms. The van der Waals surface area contributed by atoms with Gasteiger partial charge in [0.25, 0.3) is 0 Å². The Morgan fingerprint density at radius 1 is 1.59 bits per heavy atom. The fourth-order valence-electron chi connectivity index (χ4n) is 1.59. The van der Waals surface area contributed by atoms with E-state index in [1.165, 1.54) is 16.8 Å². The maximum absolute atomic E-state index is 11.0. The van der Waals surface area contributed by atoms with Crippen molar-refractivity contribution in [1.82, 2.24) is 14.6 Å². The average molecular weight is 230 g/mol. The standard InChI is InChI=1S/C11H10N4O2/c1-6(2)9-3-8(11(16)17)14-10-7(4-12)5-13-15(9)10/h3,5-6H,1-2H3,(H,16,17). The summed E-state index contributed by atoms with van der Waals surface area (Å²) >= 11 is 0. The molecular weight excluding hydrogens is 220 g/mol. The second kappa shape index (κ2) is 3.87. The molecule has 1 N–H and O–H groups in total. The number of nitrogens with zero attached hydrogens (tertiary/aromatic N) is 4. The van der Waals surface area contributed by atoms with Gasteiger partial charge in [0.05, 0.1) is 6.20 Å². The summed E-state index contributed by atoms with van der Waals surface area (Å²) < 4.78 is 1.51. The molecule has 86 valence electrons. The first kappa shape index (κ1) is 11.1. The number of aromatic nitrogens is 3.